The minimum Gasteiger partial charge on any atom is -0.450 e. The van der Waals surface area contributed by atoms with Gasteiger partial charge in [0.2, 0.25) is 0 Å². The van der Waals surface area contributed by atoms with Gasteiger partial charge in [-0.1, -0.05) is 17.2 Å². The Kier molecular flexibility index (Phi) is 4.50. The first kappa shape index (κ1) is 16.5. The van der Waals surface area contributed by atoms with Crippen molar-refractivity contribution in [2.24, 2.45) is 0 Å². The number of hydrogen-bond donors (Lipinski definition) is 0. The lowest BCUT2D eigenvalue weighted by Crippen LogP contribution is -2.11. The van der Waals surface area contributed by atoms with Gasteiger partial charge < -0.3 is 9.47 Å². The van der Waals surface area contributed by atoms with Crippen LogP contribution < -0.4 is 0 Å². The minimum atomic E-state index is -0.162. The summed E-state index contributed by atoms with van der Waals surface area (Å²) in [5.74, 6) is -0.155. The Hall–Kier alpha value is -1.35. The molecule has 1 aliphatic carbocycles. The molecule has 1 saturated heterocycles. The summed E-state index contributed by atoms with van der Waals surface area (Å²) in [5.41, 5.74) is 4.71. The highest BCUT2D eigenvalue weighted by molar-refractivity contribution is 5.92. The molecule has 0 N–H and O–H groups in total. The van der Waals surface area contributed by atoms with Crippen LogP contribution in [0.15, 0.2) is 34.4 Å². The molecule has 23 heavy (non-hydrogen) atoms. The quantitative estimate of drug-likeness (QED) is 0.371. The lowest BCUT2D eigenvalue weighted by molar-refractivity contribution is -0.138. The molecule has 0 amide bonds. The van der Waals surface area contributed by atoms with E-state index in [9.17, 15) is 4.79 Å². The highest BCUT2D eigenvalue weighted by atomic mass is 16.6. The molecule has 0 aromatic heterocycles. The lowest BCUT2D eigenvalue weighted by Gasteiger charge is -2.13. The van der Waals surface area contributed by atoms with E-state index in [1.54, 1.807) is 0 Å². The fourth-order valence-electron chi connectivity index (χ4n) is 3.70. The molecule has 2 heterocycles. The second-order valence-electron chi connectivity index (χ2n) is 7.54. The van der Waals surface area contributed by atoms with Crippen molar-refractivity contribution in [1.29, 1.82) is 0 Å². The molecule has 126 valence electrons. The van der Waals surface area contributed by atoms with Crippen molar-refractivity contribution < 1.29 is 14.3 Å². The van der Waals surface area contributed by atoms with E-state index in [1.807, 2.05) is 6.92 Å². The van der Waals surface area contributed by atoms with Crippen LogP contribution in [-0.2, 0) is 14.3 Å². The van der Waals surface area contributed by atoms with E-state index >= 15 is 0 Å². The average molecular weight is 316 g/mol. The van der Waals surface area contributed by atoms with Crippen LogP contribution in [-0.4, -0.2) is 23.8 Å². The van der Waals surface area contributed by atoms with E-state index in [2.05, 4.69) is 32.9 Å². The molecule has 0 unspecified atom stereocenters. The van der Waals surface area contributed by atoms with E-state index in [1.165, 1.54) is 11.1 Å². The van der Waals surface area contributed by atoms with Gasteiger partial charge in [-0.05, 0) is 77.9 Å². The van der Waals surface area contributed by atoms with Crippen molar-refractivity contribution in [1.82, 2.24) is 0 Å². The lowest BCUT2D eigenvalue weighted by atomic mass is 9.93. The van der Waals surface area contributed by atoms with Gasteiger partial charge >= 0.3 is 5.97 Å². The summed E-state index contributed by atoms with van der Waals surface area (Å²) in [5, 5.41) is 0. The molecular formula is C20H28O3. The van der Waals surface area contributed by atoms with E-state index < -0.39 is 0 Å². The van der Waals surface area contributed by atoms with Gasteiger partial charge in [0.25, 0.3) is 0 Å². The molecule has 3 nitrogen and oxygen atoms in total. The molecule has 2 aliphatic heterocycles. The fourth-order valence-corrected chi connectivity index (χ4v) is 3.70. The van der Waals surface area contributed by atoms with Crippen LogP contribution in [0, 0.1) is 0 Å². The molecule has 3 aliphatic rings. The number of allylic oxidation sites excluding steroid dienone is 3. The van der Waals surface area contributed by atoms with Crippen molar-refractivity contribution >= 4 is 5.97 Å². The second-order valence-corrected chi connectivity index (χ2v) is 7.54. The fraction of sp³-hybridized carbons (Fsp3) is 0.650. The predicted molar refractivity (Wildman–Crippen MR) is 91.1 cm³/mol. The maximum absolute atomic E-state index is 11.9. The summed E-state index contributed by atoms with van der Waals surface area (Å²) >= 11 is 0. The molecule has 0 radical (unpaired) electrons. The zero-order valence-corrected chi connectivity index (χ0v) is 14.8. The third-order valence-corrected chi connectivity index (χ3v) is 5.56. The Morgan fingerprint density at radius 1 is 1.13 bits per heavy atom. The SMILES string of the molecule is CC1=C[C@@H]2OC(=O)C(C)=C2CC/C(C)=C/CC[C@]2(C)O[C@H]2CC1. The maximum atomic E-state index is 11.9. The third kappa shape index (κ3) is 3.60. The minimum absolute atomic E-state index is 0.0721. The summed E-state index contributed by atoms with van der Waals surface area (Å²) in [6.07, 6.45) is 10.8. The number of ether oxygens (including phenoxy) is 2. The summed E-state index contributed by atoms with van der Waals surface area (Å²) < 4.78 is 11.5. The van der Waals surface area contributed by atoms with Gasteiger partial charge in [-0.3, -0.25) is 0 Å². The molecule has 0 aromatic carbocycles. The molecule has 1 fully saturated rings. The zero-order valence-electron chi connectivity index (χ0n) is 14.8. The summed E-state index contributed by atoms with van der Waals surface area (Å²) in [7, 11) is 0. The van der Waals surface area contributed by atoms with Gasteiger partial charge in [0.1, 0.15) is 6.10 Å². The third-order valence-electron chi connectivity index (χ3n) is 5.56. The molecule has 3 atom stereocenters. The average Bonchev–Trinajstić information content (AvgIpc) is 3.06. The molecule has 0 spiro atoms. The Morgan fingerprint density at radius 3 is 2.70 bits per heavy atom. The van der Waals surface area contributed by atoms with E-state index in [0.717, 1.165) is 49.7 Å². The van der Waals surface area contributed by atoms with Gasteiger partial charge in [-0.25, -0.2) is 4.79 Å². The first-order valence-electron chi connectivity index (χ1n) is 8.80. The van der Waals surface area contributed by atoms with E-state index in [4.69, 9.17) is 9.47 Å². The highest BCUT2D eigenvalue weighted by Crippen LogP contribution is 2.44. The summed E-state index contributed by atoms with van der Waals surface area (Å²) in [6, 6.07) is 0. The van der Waals surface area contributed by atoms with Gasteiger partial charge in [-0.15, -0.1) is 0 Å². The molecule has 3 heteroatoms. The van der Waals surface area contributed by atoms with Crippen LogP contribution in [0.25, 0.3) is 0 Å². The number of epoxide rings is 1. The number of carbonyl (C=O) groups excluding carboxylic acids is 1. The normalized spacial score (nSPS) is 37.8. The molecular weight excluding hydrogens is 288 g/mol. The second kappa shape index (κ2) is 6.27. The van der Waals surface area contributed by atoms with Crippen LogP contribution in [0.4, 0.5) is 0 Å². The molecule has 0 bridgehead atoms. The van der Waals surface area contributed by atoms with Gasteiger partial charge in [0.15, 0.2) is 0 Å². The van der Waals surface area contributed by atoms with Crippen molar-refractivity contribution in [3.8, 4) is 0 Å². The maximum Gasteiger partial charge on any atom is 0.334 e. The predicted octanol–water partition coefficient (Wildman–Crippen LogP) is 4.63. The Labute approximate surface area is 139 Å². The van der Waals surface area contributed by atoms with Crippen LogP contribution >= 0.6 is 0 Å². The smallest absolute Gasteiger partial charge is 0.334 e. The standard InChI is InChI=1S/C20H28O3/c1-13-6-5-11-20(4)18(23-20)10-8-14(2)12-17-16(9-7-13)15(3)19(21)22-17/h6,12,17-18H,5,7-11H2,1-4H3/b13-6+,14-12?/t17-,18-,20-/m0/s1. The Balaban J connectivity index is 1.80. The van der Waals surface area contributed by atoms with Crippen molar-refractivity contribution in [2.45, 2.75) is 84.0 Å². The summed E-state index contributed by atoms with van der Waals surface area (Å²) in [4.78, 5) is 11.9. The van der Waals surface area contributed by atoms with Crippen LogP contribution in [0.5, 0.6) is 0 Å². The Bertz CT molecular complexity index is 596. The number of rotatable bonds is 0. The van der Waals surface area contributed by atoms with Crippen molar-refractivity contribution in [2.75, 3.05) is 0 Å². The van der Waals surface area contributed by atoms with Crippen LogP contribution in [0.2, 0.25) is 0 Å². The van der Waals surface area contributed by atoms with Gasteiger partial charge in [-0.2, -0.15) is 0 Å². The van der Waals surface area contributed by atoms with Gasteiger partial charge in [0.05, 0.1) is 11.7 Å². The number of esters is 1. The number of carbonyl (C=O) groups is 1. The van der Waals surface area contributed by atoms with E-state index in [-0.39, 0.29) is 17.7 Å². The zero-order chi connectivity index (χ0) is 16.6. The van der Waals surface area contributed by atoms with E-state index in [0.29, 0.717) is 6.10 Å². The first-order chi connectivity index (χ1) is 10.9. The van der Waals surface area contributed by atoms with Gasteiger partial charge in [0, 0.05) is 5.57 Å². The molecule has 0 saturated carbocycles. The highest BCUT2D eigenvalue weighted by Gasteiger charge is 2.50. The summed E-state index contributed by atoms with van der Waals surface area (Å²) in [6.45, 7) is 8.44. The monoisotopic (exact) mass is 316 g/mol. The van der Waals surface area contributed by atoms with Crippen molar-refractivity contribution in [3.63, 3.8) is 0 Å². The topological polar surface area (TPSA) is 38.8 Å². The van der Waals surface area contributed by atoms with Crippen LogP contribution in [0.1, 0.15) is 66.2 Å². The Morgan fingerprint density at radius 2 is 1.91 bits per heavy atom. The first-order valence-corrected chi connectivity index (χ1v) is 8.80. The van der Waals surface area contributed by atoms with Crippen molar-refractivity contribution in [3.05, 3.63) is 34.4 Å². The molecule has 3 rings (SSSR count). The molecule has 0 aromatic rings. The number of fused-ring (bicyclic) bond motifs is 2. The van der Waals surface area contributed by atoms with Crippen LogP contribution in [0.3, 0.4) is 0 Å². The number of hydrogen-bond acceptors (Lipinski definition) is 3. The largest absolute Gasteiger partial charge is 0.450 e.